The molecule has 0 radical (unpaired) electrons. The topological polar surface area (TPSA) is 46.9 Å². The maximum atomic E-state index is 13.1. The van der Waals surface area contributed by atoms with Gasteiger partial charge >= 0.3 is 0 Å². The highest BCUT2D eigenvalue weighted by atomic mass is 19.3. The minimum atomic E-state index is -2.74. The van der Waals surface area contributed by atoms with Crippen LogP contribution in [-0.4, -0.2) is 27.5 Å². The number of nitrogens with zero attached hydrogens (tertiary/aromatic N) is 2. The van der Waals surface area contributed by atoms with Crippen LogP contribution in [0.5, 0.6) is 0 Å². The van der Waals surface area contributed by atoms with Crippen LogP contribution in [0.4, 0.5) is 23.4 Å². The molecule has 4 nitrogen and oxygen atoms in total. The van der Waals surface area contributed by atoms with Gasteiger partial charge in [0.25, 0.3) is 0 Å². The van der Waals surface area contributed by atoms with Crippen molar-refractivity contribution >= 4 is 11.7 Å². The number of hydrogen-bond acceptors (Lipinski definition) is 2. The second-order valence-corrected chi connectivity index (χ2v) is 8.25. The van der Waals surface area contributed by atoms with Crippen LogP contribution in [0.25, 0.3) is 0 Å². The SMILES string of the molecule is Cn1nc(CC2CC(F)(F)C2)c(C2CCC2)c1NC(=O)C1CC(F)(F)C1. The Morgan fingerprint density at radius 3 is 2.27 bits per heavy atom. The zero-order valence-electron chi connectivity index (χ0n) is 14.7. The largest absolute Gasteiger partial charge is 0.310 e. The number of aromatic nitrogens is 2. The highest BCUT2D eigenvalue weighted by Crippen LogP contribution is 2.48. The summed E-state index contributed by atoms with van der Waals surface area (Å²) in [6, 6.07) is 0. The van der Waals surface area contributed by atoms with Gasteiger partial charge in [-0.15, -0.1) is 0 Å². The van der Waals surface area contributed by atoms with Gasteiger partial charge in [0.2, 0.25) is 17.8 Å². The minimum absolute atomic E-state index is 0.0902. The third-order valence-electron chi connectivity index (χ3n) is 6.03. The maximum absolute atomic E-state index is 13.1. The van der Waals surface area contributed by atoms with Crippen LogP contribution in [0.15, 0.2) is 0 Å². The molecule has 3 aliphatic rings. The normalized spacial score (nSPS) is 25.3. The molecule has 3 fully saturated rings. The van der Waals surface area contributed by atoms with Gasteiger partial charge in [-0.2, -0.15) is 5.10 Å². The maximum Gasteiger partial charge on any atom is 0.249 e. The number of nitrogens with one attached hydrogen (secondary N) is 1. The van der Waals surface area contributed by atoms with Gasteiger partial charge < -0.3 is 5.32 Å². The van der Waals surface area contributed by atoms with Gasteiger partial charge in [0.1, 0.15) is 5.82 Å². The van der Waals surface area contributed by atoms with E-state index in [0.717, 1.165) is 30.5 Å². The fourth-order valence-corrected chi connectivity index (χ4v) is 4.29. The van der Waals surface area contributed by atoms with Crippen molar-refractivity contribution in [1.82, 2.24) is 9.78 Å². The summed E-state index contributed by atoms with van der Waals surface area (Å²) in [6.45, 7) is 0. The van der Waals surface area contributed by atoms with Crippen molar-refractivity contribution in [2.45, 2.75) is 69.1 Å². The van der Waals surface area contributed by atoms with E-state index in [-0.39, 0.29) is 24.7 Å². The number of anilines is 1. The first kappa shape index (κ1) is 17.8. The van der Waals surface area contributed by atoms with Crippen LogP contribution in [0, 0.1) is 11.8 Å². The summed E-state index contributed by atoms with van der Waals surface area (Å²) in [6.07, 6.45) is 2.45. The molecule has 3 aliphatic carbocycles. The Morgan fingerprint density at radius 2 is 1.77 bits per heavy atom. The van der Waals surface area contributed by atoms with Crippen LogP contribution >= 0.6 is 0 Å². The lowest BCUT2D eigenvalue weighted by Gasteiger charge is -2.35. The number of amides is 1. The van der Waals surface area contributed by atoms with E-state index in [1.54, 1.807) is 11.7 Å². The molecule has 1 N–H and O–H groups in total. The molecule has 0 unspecified atom stereocenters. The van der Waals surface area contributed by atoms with E-state index >= 15 is 0 Å². The molecule has 26 heavy (non-hydrogen) atoms. The third kappa shape index (κ3) is 3.22. The number of carbonyl (C=O) groups excluding carboxylic acids is 1. The first-order chi connectivity index (χ1) is 12.1. The monoisotopic (exact) mass is 373 g/mol. The lowest BCUT2D eigenvalue weighted by atomic mass is 9.75. The van der Waals surface area contributed by atoms with Gasteiger partial charge in [-0.25, -0.2) is 17.6 Å². The van der Waals surface area contributed by atoms with E-state index in [0.29, 0.717) is 12.2 Å². The van der Waals surface area contributed by atoms with E-state index in [1.807, 2.05) is 0 Å². The molecule has 1 aromatic rings. The number of halogens is 4. The number of rotatable bonds is 5. The summed E-state index contributed by atoms with van der Waals surface area (Å²) >= 11 is 0. The predicted octanol–water partition coefficient (Wildman–Crippen LogP) is 4.26. The third-order valence-corrected chi connectivity index (χ3v) is 6.03. The fraction of sp³-hybridized carbons (Fsp3) is 0.778. The van der Waals surface area contributed by atoms with E-state index in [9.17, 15) is 22.4 Å². The van der Waals surface area contributed by atoms with E-state index in [2.05, 4.69) is 10.4 Å². The molecule has 144 valence electrons. The zero-order valence-corrected chi connectivity index (χ0v) is 14.7. The summed E-state index contributed by atoms with van der Waals surface area (Å²) in [5.41, 5.74) is 1.69. The molecule has 0 aliphatic heterocycles. The minimum Gasteiger partial charge on any atom is -0.310 e. The second-order valence-electron chi connectivity index (χ2n) is 8.25. The van der Waals surface area contributed by atoms with Gasteiger partial charge in [-0.05, 0) is 31.1 Å². The molecule has 3 saturated carbocycles. The summed E-state index contributed by atoms with van der Waals surface area (Å²) in [5, 5.41) is 7.27. The van der Waals surface area contributed by atoms with Gasteiger partial charge in [-0.1, -0.05) is 6.42 Å². The Kier molecular flexibility index (Phi) is 4.08. The summed E-state index contributed by atoms with van der Waals surface area (Å²) in [4.78, 5) is 12.3. The molecule has 1 amide bonds. The van der Waals surface area contributed by atoms with Crippen LogP contribution < -0.4 is 5.32 Å². The molecule has 0 spiro atoms. The Morgan fingerprint density at radius 1 is 1.15 bits per heavy atom. The van der Waals surface area contributed by atoms with E-state index < -0.39 is 36.5 Å². The van der Waals surface area contributed by atoms with Crippen LogP contribution in [0.2, 0.25) is 0 Å². The van der Waals surface area contributed by atoms with Crippen LogP contribution in [0.1, 0.15) is 62.1 Å². The fourth-order valence-electron chi connectivity index (χ4n) is 4.29. The average molecular weight is 373 g/mol. The first-order valence-electron chi connectivity index (χ1n) is 9.26. The van der Waals surface area contributed by atoms with Crippen molar-refractivity contribution in [3.05, 3.63) is 11.3 Å². The van der Waals surface area contributed by atoms with E-state index in [4.69, 9.17) is 0 Å². The molecule has 4 rings (SSSR count). The van der Waals surface area contributed by atoms with Crippen molar-refractivity contribution in [1.29, 1.82) is 0 Å². The van der Waals surface area contributed by atoms with Crippen molar-refractivity contribution in [2.75, 3.05) is 5.32 Å². The highest BCUT2D eigenvalue weighted by Gasteiger charge is 2.49. The first-order valence-corrected chi connectivity index (χ1v) is 9.26. The van der Waals surface area contributed by atoms with Crippen molar-refractivity contribution in [3.8, 4) is 0 Å². The molecule has 0 bridgehead atoms. The number of hydrogen-bond donors (Lipinski definition) is 1. The van der Waals surface area contributed by atoms with Gasteiger partial charge in [-0.3, -0.25) is 9.48 Å². The van der Waals surface area contributed by atoms with Crippen LogP contribution in [0.3, 0.4) is 0 Å². The molecule has 0 atom stereocenters. The lowest BCUT2D eigenvalue weighted by Crippen LogP contribution is -2.42. The molecule has 0 aromatic carbocycles. The Bertz CT molecular complexity index is 710. The molecule has 1 heterocycles. The number of carbonyl (C=O) groups is 1. The molecule has 1 aromatic heterocycles. The summed E-state index contributed by atoms with van der Waals surface area (Å²) in [7, 11) is 1.70. The van der Waals surface area contributed by atoms with Gasteiger partial charge in [0, 0.05) is 44.2 Å². The van der Waals surface area contributed by atoms with E-state index in [1.165, 1.54) is 0 Å². The quantitative estimate of drug-likeness (QED) is 0.784. The lowest BCUT2D eigenvalue weighted by molar-refractivity contribution is -0.145. The van der Waals surface area contributed by atoms with Crippen LogP contribution in [-0.2, 0) is 18.3 Å². The van der Waals surface area contributed by atoms with Gasteiger partial charge in [0.15, 0.2) is 0 Å². The molecule has 0 saturated heterocycles. The molecular formula is C18H23F4N3O. The Balaban J connectivity index is 1.51. The summed E-state index contributed by atoms with van der Waals surface area (Å²) < 4.78 is 53.9. The summed E-state index contributed by atoms with van der Waals surface area (Å²) in [5.74, 6) is -5.67. The van der Waals surface area contributed by atoms with Gasteiger partial charge in [0.05, 0.1) is 5.69 Å². The zero-order chi connectivity index (χ0) is 18.7. The predicted molar refractivity (Wildman–Crippen MR) is 87.5 cm³/mol. The number of aryl methyl sites for hydroxylation is 1. The van der Waals surface area contributed by atoms with Crippen molar-refractivity contribution in [3.63, 3.8) is 0 Å². The van der Waals surface area contributed by atoms with Crippen molar-refractivity contribution < 1.29 is 22.4 Å². The smallest absolute Gasteiger partial charge is 0.249 e. The second kappa shape index (κ2) is 5.96. The Labute approximate surface area is 149 Å². The molecule has 8 heteroatoms. The highest BCUT2D eigenvalue weighted by molar-refractivity contribution is 5.93. The Hall–Kier alpha value is -1.60. The number of alkyl halides is 4. The molecular weight excluding hydrogens is 350 g/mol. The average Bonchev–Trinajstić information content (AvgIpc) is 2.69. The van der Waals surface area contributed by atoms with Crippen molar-refractivity contribution in [2.24, 2.45) is 18.9 Å². The standard InChI is InChI=1S/C18H23F4N3O/c1-25-15(23-16(26)12-8-18(21,22)9-12)14(11-3-2-4-11)13(24-25)5-10-6-17(19,20)7-10/h10-12H,2-9H2,1H3,(H,23,26).